The Morgan fingerprint density at radius 1 is 1.24 bits per heavy atom. The quantitative estimate of drug-likeness (QED) is 0.722. The number of oxazole rings is 1. The number of nitrogens with zero attached hydrogens (tertiary/aromatic N) is 1. The average molecular weight is 342 g/mol. The van der Waals surface area contributed by atoms with Crippen LogP contribution in [0, 0.1) is 5.82 Å². The zero-order chi connectivity index (χ0) is 17.8. The van der Waals surface area contributed by atoms with Gasteiger partial charge in [-0.15, -0.1) is 0 Å². The highest BCUT2D eigenvalue weighted by Crippen LogP contribution is 2.26. The molecule has 3 aromatic rings. The Labute approximate surface area is 144 Å². The van der Waals surface area contributed by atoms with Gasteiger partial charge in [-0.05, 0) is 49.7 Å². The molecular weight excluding hydrogens is 323 g/mol. The summed E-state index contributed by atoms with van der Waals surface area (Å²) in [7, 11) is 0. The predicted molar refractivity (Wildman–Crippen MR) is 93.7 cm³/mol. The third kappa shape index (κ3) is 3.85. The maximum atomic E-state index is 13.0. The molecule has 25 heavy (non-hydrogen) atoms. The Balaban J connectivity index is 1.82. The molecule has 0 saturated heterocycles. The molecule has 1 amide bonds. The standard InChI is InChI=1S/C19H19FN2O3/c1-3-16(24-4-2)18(23)21-14-9-10-15-17(11-14)25-19(22-15)12-5-7-13(20)8-6-12/h5-11,16H,3-4H2,1-2H3,(H,21,23). The number of aromatic nitrogens is 1. The minimum Gasteiger partial charge on any atom is -0.436 e. The molecule has 0 aliphatic carbocycles. The number of carbonyl (C=O) groups excluding carboxylic acids is 1. The summed E-state index contributed by atoms with van der Waals surface area (Å²) < 4.78 is 24.2. The first-order chi connectivity index (χ1) is 12.1. The number of hydrogen-bond donors (Lipinski definition) is 1. The fourth-order valence-electron chi connectivity index (χ4n) is 2.52. The van der Waals surface area contributed by atoms with Gasteiger partial charge in [0.15, 0.2) is 5.58 Å². The molecule has 0 aliphatic heterocycles. The molecule has 0 fully saturated rings. The number of amides is 1. The zero-order valence-corrected chi connectivity index (χ0v) is 14.1. The molecule has 1 N–H and O–H groups in total. The largest absolute Gasteiger partial charge is 0.436 e. The average Bonchev–Trinajstić information content (AvgIpc) is 3.03. The van der Waals surface area contributed by atoms with Crippen molar-refractivity contribution in [2.75, 3.05) is 11.9 Å². The smallest absolute Gasteiger partial charge is 0.253 e. The van der Waals surface area contributed by atoms with Gasteiger partial charge >= 0.3 is 0 Å². The van der Waals surface area contributed by atoms with Crippen LogP contribution in [0.2, 0.25) is 0 Å². The lowest BCUT2D eigenvalue weighted by Gasteiger charge is -2.14. The summed E-state index contributed by atoms with van der Waals surface area (Å²) in [6, 6.07) is 11.2. The van der Waals surface area contributed by atoms with Gasteiger partial charge < -0.3 is 14.5 Å². The van der Waals surface area contributed by atoms with E-state index in [1.165, 1.54) is 12.1 Å². The van der Waals surface area contributed by atoms with E-state index in [-0.39, 0.29) is 11.7 Å². The molecule has 1 heterocycles. The van der Waals surface area contributed by atoms with Gasteiger partial charge in [-0.2, -0.15) is 0 Å². The monoisotopic (exact) mass is 342 g/mol. The maximum absolute atomic E-state index is 13.0. The van der Waals surface area contributed by atoms with E-state index in [2.05, 4.69) is 10.3 Å². The van der Waals surface area contributed by atoms with E-state index in [1.807, 2.05) is 13.8 Å². The summed E-state index contributed by atoms with van der Waals surface area (Å²) >= 11 is 0. The van der Waals surface area contributed by atoms with E-state index in [4.69, 9.17) is 9.15 Å². The van der Waals surface area contributed by atoms with Crippen molar-refractivity contribution < 1.29 is 18.3 Å². The van der Waals surface area contributed by atoms with Gasteiger partial charge in [0.05, 0.1) is 0 Å². The molecule has 1 atom stereocenters. The van der Waals surface area contributed by atoms with E-state index < -0.39 is 6.10 Å². The van der Waals surface area contributed by atoms with Crippen LogP contribution in [0.15, 0.2) is 46.9 Å². The lowest BCUT2D eigenvalue weighted by atomic mass is 10.2. The molecule has 0 saturated carbocycles. The highest BCUT2D eigenvalue weighted by atomic mass is 19.1. The van der Waals surface area contributed by atoms with Gasteiger partial charge in [0.2, 0.25) is 5.89 Å². The molecule has 1 unspecified atom stereocenters. The first kappa shape index (κ1) is 17.1. The normalized spacial score (nSPS) is 12.3. The number of hydrogen-bond acceptors (Lipinski definition) is 4. The number of benzene rings is 2. The van der Waals surface area contributed by atoms with Gasteiger partial charge in [0.25, 0.3) is 5.91 Å². The Hall–Kier alpha value is -2.73. The molecule has 6 heteroatoms. The highest BCUT2D eigenvalue weighted by molar-refractivity contribution is 5.95. The van der Waals surface area contributed by atoms with Crippen LogP contribution in [0.25, 0.3) is 22.6 Å². The van der Waals surface area contributed by atoms with Crippen molar-refractivity contribution in [3.63, 3.8) is 0 Å². The number of carbonyl (C=O) groups is 1. The van der Waals surface area contributed by atoms with Gasteiger partial charge in [0, 0.05) is 23.9 Å². The van der Waals surface area contributed by atoms with Crippen LogP contribution in [-0.4, -0.2) is 23.6 Å². The number of anilines is 1. The van der Waals surface area contributed by atoms with Crippen molar-refractivity contribution >= 4 is 22.7 Å². The topological polar surface area (TPSA) is 64.4 Å². The van der Waals surface area contributed by atoms with Crippen molar-refractivity contribution in [3.05, 3.63) is 48.3 Å². The Kier molecular flexibility index (Phi) is 5.09. The highest BCUT2D eigenvalue weighted by Gasteiger charge is 2.17. The van der Waals surface area contributed by atoms with Crippen molar-refractivity contribution in [3.8, 4) is 11.5 Å². The van der Waals surface area contributed by atoms with Crippen molar-refractivity contribution in [1.29, 1.82) is 0 Å². The molecule has 5 nitrogen and oxygen atoms in total. The summed E-state index contributed by atoms with van der Waals surface area (Å²) in [5.74, 6) is -0.106. The first-order valence-corrected chi connectivity index (χ1v) is 8.19. The fraction of sp³-hybridized carbons (Fsp3) is 0.263. The second kappa shape index (κ2) is 7.44. The molecule has 0 bridgehead atoms. The summed E-state index contributed by atoms with van der Waals surface area (Å²) in [6.07, 6.45) is 0.115. The van der Waals surface area contributed by atoms with Crippen LogP contribution in [0.1, 0.15) is 20.3 Å². The van der Waals surface area contributed by atoms with E-state index in [0.29, 0.717) is 41.3 Å². The summed E-state index contributed by atoms with van der Waals surface area (Å²) in [4.78, 5) is 16.6. The second-order valence-electron chi connectivity index (χ2n) is 5.55. The molecular formula is C19H19FN2O3. The van der Waals surface area contributed by atoms with Crippen molar-refractivity contribution in [1.82, 2.24) is 4.98 Å². The van der Waals surface area contributed by atoms with Gasteiger partial charge in [-0.1, -0.05) is 6.92 Å². The Morgan fingerprint density at radius 3 is 2.68 bits per heavy atom. The first-order valence-electron chi connectivity index (χ1n) is 8.19. The number of rotatable bonds is 6. The lowest BCUT2D eigenvalue weighted by Crippen LogP contribution is -2.29. The zero-order valence-electron chi connectivity index (χ0n) is 14.1. The maximum Gasteiger partial charge on any atom is 0.253 e. The van der Waals surface area contributed by atoms with Gasteiger partial charge in [0.1, 0.15) is 17.4 Å². The number of fused-ring (bicyclic) bond motifs is 1. The van der Waals surface area contributed by atoms with Gasteiger partial charge in [-0.25, -0.2) is 9.37 Å². The van der Waals surface area contributed by atoms with E-state index in [9.17, 15) is 9.18 Å². The molecule has 2 aromatic carbocycles. The molecule has 1 aromatic heterocycles. The SMILES string of the molecule is CCOC(CC)C(=O)Nc1ccc2nc(-c3ccc(F)cc3)oc2c1. The van der Waals surface area contributed by atoms with Crippen LogP contribution in [0.3, 0.4) is 0 Å². The van der Waals surface area contributed by atoms with Crippen LogP contribution < -0.4 is 5.32 Å². The number of ether oxygens (including phenoxy) is 1. The minimum absolute atomic E-state index is 0.193. The van der Waals surface area contributed by atoms with E-state index >= 15 is 0 Å². The molecule has 0 spiro atoms. The molecule has 0 radical (unpaired) electrons. The minimum atomic E-state index is -0.481. The molecule has 3 rings (SSSR count). The lowest BCUT2D eigenvalue weighted by molar-refractivity contribution is -0.127. The Bertz CT molecular complexity index is 874. The summed E-state index contributed by atoms with van der Waals surface area (Å²) in [6.45, 7) is 4.23. The molecule has 0 aliphatic rings. The summed E-state index contributed by atoms with van der Waals surface area (Å²) in [5, 5.41) is 2.83. The van der Waals surface area contributed by atoms with E-state index in [0.717, 1.165) is 0 Å². The fourth-order valence-corrected chi connectivity index (χ4v) is 2.52. The molecule has 130 valence electrons. The van der Waals surface area contributed by atoms with Gasteiger partial charge in [-0.3, -0.25) is 4.79 Å². The van der Waals surface area contributed by atoms with Crippen LogP contribution >= 0.6 is 0 Å². The van der Waals surface area contributed by atoms with E-state index in [1.54, 1.807) is 30.3 Å². The Morgan fingerprint density at radius 2 is 2.00 bits per heavy atom. The van der Waals surface area contributed by atoms with Crippen molar-refractivity contribution in [2.24, 2.45) is 0 Å². The number of halogens is 1. The third-order valence-corrected chi connectivity index (χ3v) is 3.78. The predicted octanol–water partition coefficient (Wildman–Crippen LogP) is 4.39. The van der Waals surface area contributed by atoms with Crippen LogP contribution in [0.4, 0.5) is 10.1 Å². The second-order valence-corrected chi connectivity index (χ2v) is 5.55. The van der Waals surface area contributed by atoms with Crippen LogP contribution in [0.5, 0.6) is 0 Å². The third-order valence-electron chi connectivity index (χ3n) is 3.78. The van der Waals surface area contributed by atoms with Crippen molar-refractivity contribution in [2.45, 2.75) is 26.4 Å². The van der Waals surface area contributed by atoms with Crippen LogP contribution in [-0.2, 0) is 9.53 Å². The number of nitrogens with one attached hydrogen (secondary N) is 1. The summed E-state index contributed by atoms with van der Waals surface area (Å²) in [5.41, 5.74) is 2.50.